The number of aromatic carboxylic acids is 1. The van der Waals surface area contributed by atoms with Gasteiger partial charge in [0.1, 0.15) is 17.5 Å². The van der Waals surface area contributed by atoms with Crippen LogP contribution < -0.4 is 10.3 Å². The van der Waals surface area contributed by atoms with E-state index in [1.807, 2.05) is 0 Å². The molecule has 0 radical (unpaired) electrons. The monoisotopic (exact) mass is 500 g/mol. The summed E-state index contributed by atoms with van der Waals surface area (Å²) in [6.07, 6.45) is 5.56. The minimum Gasteiger partial charge on any atom is -0.477 e. The number of carbonyl (C=O) groups is 2. The molecule has 3 saturated heterocycles. The van der Waals surface area contributed by atoms with Crippen LogP contribution in [0.1, 0.15) is 29.6 Å². The number of halogens is 1. The lowest BCUT2D eigenvalue weighted by atomic mass is 9.84. The number of amides is 1. The van der Waals surface area contributed by atoms with Crippen molar-refractivity contribution in [2.75, 3.05) is 37.7 Å². The van der Waals surface area contributed by atoms with E-state index in [1.54, 1.807) is 9.80 Å². The average molecular weight is 501 g/mol. The molecule has 0 bridgehead atoms. The van der Waals surface area contributed by atoms with Gasteiger partial charge in [-0.1, -0.05) is 0 Å². The fourth-order valence-electron chi connectivity index (χ4n) is 5.04. The van der Waals surface area contributed by atoms with Gasteiger partial charge in [-0.15, -0.1) is 0 Å². The third-order valence-corrected chi connectivity index (χ3v) is 7.60. The van der Waals surface area contributed by atoms with Crippen LogP contribution in [0, 0.1) is 11.7 Å². The summed E-state index contributed by atoms with van der Waals surface area (Å²) in [5.74, 6) is -2.44. The molecule has 182 valence electrons. The third-order valence-electron chi connectivity index (χ3n) is 6.93. The van der Waals surface area contributed by atoms with Crippen molar-refractivity contribution in [3.8, 4) is 5.13 Å². The Kier molecular flexibility index (Phi) is 5.07. The fraction of sp³-hybridized carbons (Fsp3) is 0.455. The van der Waals surface area contributed by atoms with Gasteiger partial charge in [0.15, 0.2) is 17.3 Å². The normalized spacial score (nSPS) is 19.6. The molecule has 3 aromatic rings. The van der Waals surface area contributed by atoms with Gasteiger partial charge in [0.05, 0.1) is 24.4 Å². The Labute approximate surface area is 201 Å². The third kappa shape index (κ3) is 3.57. The Morgan fingerprint density at radius 2 is 2.06 bits per heavy atom. The Balaban J connectivity index is 1.26. The maximum atomic E-state index is 15.0. The maximum absolute atomic E-state index is 15.0. The molecule has 0 atom stereocenters. The van der Waals surface area contributed by atoms with Gasteiger partial charge in [-0.2, -0.15) is 4.37 Å². The van der Waals surface area contributed by atoms with Crippen molar-refractivity contribution in [3.63, 3.8) is 0 Å². The molecule has 11 nitrogen and oxygen atoms in total. The highest BCUT2D eigenvalue weighted by Crippen LogP contribution is 2.36. The lowest BCUT2D eigenvalue weighted by Gasteiger charge is -2.53. The van der Waals surface area contributed by atoms with E-state index in [2.05, 4.69) is 14.3 Å². The SMILES string of the molecule is O=C(O)c1cn(-c2ncns2)c2nc(N3CC(C(=O)N4CC5(CCCCO5)C4)C3)c(F)cc2c1=O. The minimum atomic E-state index is -1.44. The van der Waals surface area contributed by atoms with Crippen molar-refractivity contribution < 1.29 is 23.8 Å². The van der Waals surface area contributed by atoms with E-state index in [9.17, 15) is 19.5 Å². The maximum Gasteiger partial charge on any atom is 0.341 e. The molecule has 0 saturated carbocycles. The zero-order valence-corrected chi connectivity index (χ0v) is 19.3. The first-order valence-electron chi connectivity index (χ1n) is 11.3. The molecular formula is C22H21FN6O5S. The van der Waals surface area contributed by atoms with Gasteiger partial charge in [0, 0.05) is 37.4 Å². The van der Waals surface area contributed by atoms with Gasteiger partial charge in [-0.3, -0.25) is 14.2 Å². The molecule has 6 heterocycles. The van der Waals surface area contributed by atoms with Gasteiger partial charge >= 0.3 is 5.97 Å². The largest absolute Gasteiger partial charge is 0.477 e. The number of nitrogens with zero attached hydrogens (tertiary/aromatic N) is 6. The number of carboxylic acids is 1. The first kappa shape index (κ1) is 22.0. The number of hydrogen-bond donors (Lipinski definition) is 1. The topological polar surface area (TPSA) is 131 Å². The van der Waals surface area contributed by atoms with Crippen molar-refractivity contribution in [2.24, 2.45) is 5.92 Å². The number of carbonyl (C=O) groups excluding carboxylic acids is 1. The van der Waals surface area contributed by atoms with E-state index in [-0.39, 0.29) is 39.4 Å². The summed E-state index contributed by atoms with van der Waals surface area (Å²) in [4.78, 5) is 49.0. The Morgan fingerprint density at radius 3 is 2.71 bits per heavy atom. The molecule has 13 heteroatoms. The second kappa shape index (κ2) is 8.05. The Bertz CT molecular complexity index is 1390. The quantitative estimate of drug-likeness (QED) is 0.563. The van der Waals surface area contributed by atoms with E-state index in [0.29, 0.717) is 26.2 Å². The predicted octanol–water partition coefficient (Wildman–Crippen LogP) is 1.29. The number of ether oxygens (including phenoxy) is 1. The van der Waals surface area contributed by atoms with E-state index in [1.165, 1.54) is 10.9 Å². The summed E-state index contributed by atoms with van der Waals surface area (Å²) in [5.41, 5.74) is -1.47. The van der Waals surface area contributed by atoms with E-state index in [0.717, 1.165) is 49.7 Å². The summed E-state index contributed by atoms with van der Waals surface area (Å²) in [6, 6.07) is 0.999. The number of fused-ring (bicyclic) bond motifs is 1. The molecule has 1 spiro atoms. The zero-order chi connectivity index (χ0) is 24.3. The molecule has 1 amide bonds. The first-order valence-corrected chi connectivity index (χ1v) is 12.1. The smallest absolute Gasteiger partial charge is 0.341 e. The van der Waals surface area contributed by atoms with Crippen molar-refractivity contribution >= 4 is 40.3 Å². The van der Waals surface area contributed by atoms with Crippen molar-refractivity contribution in [1.82, 2.24) is 23.8 Å². The van der Waals surface area contributed by atoms with E-state index < -0.39 is 22.8 Å². The second-order valence-electron chi connectivity index (χ2n) is 9.22. The molecule has 3 aliphatic rings. The van der Waals surface area contributed by atoms with Crippen LogP contribution in [0.3, 0.4) is 0 Å². The van der Waals surface area contributed by atoms with Gasteiger partial charge < -0.3 is 19.6 Å². The highest BCUT2D eigenvalue weighted by molar-refractivity contribution is 7.08. The minimum absolute atomic E-state index is 0.00187. The summed E-state index contributed by atoms with van der Waals surface area (Å²) in [5, 5.41) is 9.54. The second-order valence-corrected chi connectivity index (χ2v) is 9.98. The summed E-state index contributed by atoms with van der Waals surface area (Å²) >= 11 is 0.980. The van der Waals surface area contributed by atoms with Gasteiger partial charge in [-0.25, -0.2) is 19.2 Å². The molecule has 6 rings (SSSR count). The summed E-state index contributed by atoms with van der Waals surface area (Å²) in [7, 11) is 0. The number of pyridine rings is 2. The van der Waals surface area contributed by atoms with Crippen LogP contribution in [0.25, 0.3) is 16.2 Å². The van der Waals surface area contributed by atoms with Crippen molar-refractivity contribution in [1.29, 1.82) is 0 Å². The average Bonchev–Trinajstić information content (AvgIpc) is 3.32. The number of hydrogen-bond acceptors (Lipinski definition) is 9. The molecule has 35 heavy (non-hydrogen) atoms. The number of rotatable bonds is 4. The molecule has 0 unspecified atom stereocenters. The highest BCUT2D eigenvalue weighted by Gasteiger charge is 2.49. The van der Waals surface area contributed by atoms with Crippen LogP contribution in [0.5, 0.6) is 0 Å². The van der Waals surface area contributed by atoms with Crippen LogP contribution >= 0.6 is 11.5 Å². The van der Waals surface area contributed by atoms with Gasteiger partial charge in [0.2, 0.25) is 16.5 Å². The zero-order valence-electron chi connectivity index (χ0n) is 18.5. The van der Waals surface area contributed by atoms with Crippen LogP contribution in [-0.2, 0) is 9.53 Å². The Hall–Kier alpha value is -3.45. The van der Waals surface area contributed by atoms with Crippen LogP contribution in [0.4, 0.5) is 10.2 Å². The predicted molar refractivity (Wildman–Crippen MR) is 123 cm³/mol. The highest BCUT2D eigenvalue weighted by atomic mass is 32.1. The molecule has 0 aromatic carbocycles. The lowest BCUT2D eigenvalue weighted by molar-refractivity contribution is -0.183. The summed E-state index contributed by atoms with van der Waals surface area (Å²) in [6.45, 7) is 2.54. The number of aromatic nitrogens is 4. The van der Waals surface area contributed by atoms with E-state index >= 15 is 4.39 Å². The number of likely N-dealkylation sites (tertiary alicyclic amines) is 1. The van der Waals surface area contributed by atoms with Crippen molar-refractivity contribution in [3.05, 3.63) is 40.2 Å². The van der Waals surface area contributed by atoms with Gasteiger partial charge in [-0.05, 0) is 25.3 Å². The molecule has 0 aliphatic carbocycles. The van der Waals surface area contributed by atoms with Crippen LogP contribution in [-0.4, -0.2) is 79.2 Å². The van der Waals surface area contributed by atoms with Crippen LogP contribution in [0.2, 0.25) is 0 Å². The summed E-state index contributed by atoms with van der Waals surface area (Å²) < 4.78 is 26.2. The fourth-order valence-corrected chi connectivity index (χ4v) is 5.55. The lowest BCUT2D eigenvalue weighted by Crippen LogP contribution is -2.68. The number of anilines is 1. The standard InChI is InChI=1S/C22H21FN6O5S/c23-15-5-13-16(30)14(20(32)33)8-29(21-24-11-25-35-21)17(13)26-18(15)27-6-12(7-27)19(31)28-9-22(10-28)3-1-2-4-34-22/h5,8,11-12H,1-4,6-7,9-10H2,(H,32,33). The molecule has 1 N–H and O–H groups in total. The first-order chi connectivity index (χ1) is 16.8. The Morgan fingerprint density at radius 1 is 1.26 bits per heavy atom. The van der Waals surface area contributed by atoms with Gasteiger partial charge in [0.25, 0.3) is 0 Å². The molecule has 3 fully saturated rings. The number of carboxylic acid groups (broad SMARTS) is 1. The molecule has 3 aromatic heterocycles. The van der Waals surface area contributed by atoms with Crippen molar-refractivity contribution in [2.45, 2.75) is 24.9 Å². The molecular weight excluding hydrogens is 479 g/mol. The van der Waals surface area contributed by atoms with Crippen LogP contribution in [0.15, 0.2) is 23.4 Å². The van der Waals surface area contributed by atoms with E-state index in [4.69, 9.17) is 4.74 Å². The molecule has 3 aliphatic heterocycles.